The molecule has 3 aromatic rings. The van der Waals surface area contributed by atoms with Crippen molar-refractivity contribution < 1.29 is 9.53 Å². The maximum atomic E-state index is 9.99. The van der Waals surface area contributed by atoms with E-state index in [1.165, 1.54) is 36.1 Å². The highest BCUT2D eigenvalue weighted by atomic mass is 16.5. The molecular weight excluding hydrogens is 496 g/mol. The predicted octanol–water partition coefficient (Wildman–Crippen LogP) is 5.59. The number of nitrogens with zero attached hydrogens (tertiary/aromatic N) is 2. The third kappa shape index (κ3) is 7.39. The molecule has 0 aliphatic carbocycles. The third-order valence-corrected chi connectivity index (χ3v) is 8.03. The molecule has 3 aromatic carbocycles. The molecule has 0 radical (unpaired) electrons. The Kier molecular flexibility index (Phi) is 10.5. The van der Waals surface area contributed by atoms with Gasteiger partial charge in [0.05, 0.1) is 7.11 Å². The summed E-state index contributed by atoms with van der Waals surface area (Å²) in [5.41, 5.74) is 4.96. The Morgan fingerprint density at radius 2 is 1.65 bits per heavy atom. The van der Waals surface area contributed by atoms with Crippen LogP contribution in [0.1, 0.15) is 42.4 Å². The summed E-state index contributed by atoms with van der Waals surface area (Å²) in [6, 6.07) is 27.5. The van der Waals surface area contributed by atoms with Crippen LogP contribution in [-0.4, -0.2) is 75.2 Å². The first kappa shape index (κ1) is 29.5. The predicted molar refractivity (Wildman–Crippen MR) is 167 cm³/mol. The molecule has 2 aliphatic heterocycles. The van der Waals surface area contributed by atoms with Crippen LogP contribution in [0.5, 0.6) is 5.75 Å². The first-order chi connectivity index (χ1) is 19.4. The van der Waals surface area contributed by atoms with Gasteiger partial charge in [-0.15, -0.1) is 0 Å². The molecule has 2 heterocycles. The Hall–Kier alpha value is -3.45. The highest BCUT2D eigenvalue weighted by Crippen LogP contribution is 2.49. The van der Waals surface area contributed by atoms with Gasteiger partial charge in [-0.05, 0) is 87.9 Å². The van der Waals surface area contributed by atoms with Crippen molar-refractivity contribution >= 4 is 24.2 Å². The minimum Gasteiger partial charge on any atom is -0.497 e. The minimum atomic E-state index is 0.211. The molecule has 212 valence electrons. The first-order valence-corrected chi connectivity index (χ1v) is 14.2. The number of rotatable bonds is 8. The average Bonchev–Trinajstić information content (AvgIpc) is 2.96. The Balaban J connectivity index is 0.000000283. The Bertz CT molecular complexity index is 1210. The summed E-state index contributed by atoms with van der Waals surface area (Å²) in [4.78, 5) is 15.1. The van der Waals surface area contributed by atoms with Gasteiger partial charge in [0, 0.05) is 36.3 Å². The van der Waals surface area contributed by atoms with Crippen LogP contribution < -0.4 is 15.4 Å². The van der Waals surface area contributed by atoms with Gasteiger partial charge in [-0.2, -0.15) is 0 Å². The fourth-order valence-corrected chi connectivity index (χ4v) is 6.06. The molecule has 2 saturated heterocycles. The van der Waals surface area contributed by atoms with Crippen LogP contribution in [0, 0.1) is 0 Å². The molecule has 5 rings (SSSR count). The molecule has 40 heavy (non-hydrogen) atoms. The van der Waals surface area contributed by atoms with Crippen LogP contribution in [0.4, 0.5) is 5.69 Å². The van der Waals surface area contributed by atoms with Crippen molar-refractivity contribution in [1.29, 1.82) is 0 Å². The lowest BCUT2D eigenvalue weighted by Crippen LogP contribution is -2.75. The topological polar surface area (TPSA) is 56.8 Å². The second-order valence-electron chi connectivity index (χ2n) is 11.1. The number of likely N-dealkylation sites (N-methyl/N-ethyl adjacent to an activating group) is 1. The molecule has 0 spiro atoms. The third-order valence-electron chi connectivity index (χ3n) is 8.03. The Morgan fingerprint density at radius 3 is 2.27 bits per heavy atom. The Morgan fingerprint density at radius 1 is 0.975 bits per heavy atom. The van der Waals surface area contributed by atoms with Gasteiger partial charge in [0.2, 0.25) is 6.41 Å². The molecule has 2 fully saturated rings. The van der Waals surface area contributed by atoms with Gasteiger partial charge in [-0.25, -0.2) is 0 Å². The normalized spacial score (nSPS) is 22.7. The number of carbonyl (C=O) groups is 1. The summed E-state index contributed by atoms with van der Waals surface area (Å²) in [7, 11) is 6.00. The summed E-state index contributed by atoms with van der Waals surface area (Å²) in [6.45, 7) is 7.04. The number of nitrogens with one attached hydrogen (secondary N) is 2. The lowest BCUT2D eigenvalue weighted by atomic mass is 9.64. The van der Waals surface area contributed by atoms with Crippen LogP contribution in [0.25, 0.3) is 12.2 Å². The molecule has 6 nitrogen and oxygen atoms in total. The van der Waals surface area contributed by atoms with E-state index >= 15 is 0 Å². The molecule has 1 amide bonds. The minimum absolute atomic E-state index is 0.211. The van der Waals surface area contributed by atoms with Gasteiger partial charge in [-0.1, -0.05) is 66.7 Å². The smallest absolute Gasteiger partial charge is 0.211 e. The van der Waals surface area contributed by atoms with E-state index < -0.39 is 0 Å². The van der Waals surface area contributed by atoms with Gasteiger partial charge in [-0.3, -0.25) is 9.69 Å². The van der Waals surface area contributed by atoms with Crippen molar-refractivity contribution in [2.75, 3.05) is 52.7 Å². The number of fused-ring (bicyclic) bond motifs is 1. The van der Waals surface area contributed by atoms with Crippen molar-refractivity contribution in [3.05, 3.63) is 95.6 Å². The lowest BCUT2D eigenvalue weighted by Gasteiger charge is -2.64. The van der Waals surface area contributed by atoms with E-state index in [1.807, 2.05) is 0 Å². The van der Waals surface area contributed by atoms with Crippen molar-refractivity contribution in [3.8, 4) is 5.75 Å². The number of anilines is 1. The molecular formula is C34H44N4O2. The van der Waals surface area contributed by atoms with Gasteiger partial charge in [0.25, 0.3) is 0 Å². The van der Waals surface area contributed by atoms with E-state index in [9.17, 15) is 4.79 Å². The van der Waals surface area contributed by atoms with E-state index in [-0.39, 0.29) is 5.54 Å². The van der Waals surface area contributed by atoms with Gasteiger partial charge < -0.3 is 20.3 Å². The molecule has 0 aromatic heterocycles. The van der Waals surface area contributed by atoms with E-state index in [0.29, 0.717) is 18.4 Å². The zero-order valence-electron chi connectivity index (χ0n) is 24.3. The van der Waals surface area contributed by atoms with Crippen molar-refractivity contribution in [1.82, 2.24) is 15.1 Å². The van der Waals surface area contributed by atoms with Gasteiger partial charge >= 0.3 is 0 Å². The van der Waals surface area contributed by atoms with E-state index in [2.05, 4.69) is 108 Å². The molecule has 2 N–H and O–H groups in total. The molecule has 0 bridgehead atoms. The van der Waals surface area contributed by atoms with E-state index in [0.717, 1.165) is 31.1 Å². The fraction of sp³-hybridized carbons (Fsp3) is 0.382. The van der Waals surface area contributed by atoms with Crippen LogP contribution in [0.2, 0.25) is 0 Å². The number of methoxy groups -OCH3 is 1. The number of ether oxygens (including phenoxy) is 1. The number of hydrogen-bond donors (Lipinski definition) is 2. The summed E-state index contributed by atoms with van der Waals surface area (Å²) in [5.74, 6) is 1.35. The molecule has 2 aliphatic rings. The van der Waals surface area contributed by atoms with Crippen LogP contribution in [0.3, 0.4) is 0 Å². The van der Waals surface area contributed by atoms with Crippen molar-refractivity contribution in [3.63, 3.8) is 0 Å². The summed E-state index contributed by atoms with van der Waals surface area (Å²) < 4.78 is 4.93. The summed E-state index contributed by atoms with van der Waals surface area (Å²) in [5, 5.41) is 6.24. The van der Waals surface area contributed by atoms with Gasteiger partial charge in [0.15, 0.2) is 0 Å². The van der Waals surface area contributed by atoms with Crippen molar-refractivity contribution in [2.24, 2.45) is 0 Å². The second-order valence-corrected chi connectivity index (χ2v) is 11.1. The van der Waals surface area contributed by atoms with E-state index in [4.69, 9.17) is 4.74 Å². The number of benzene rings is 3. The largest absolute Gasteiger partial charge is 0.497 e. The molecule has 0 saturated carbocycles. The molecule has 1 unspecified atom stereocenters. The maximum Gasteiger partial charge on any atom is 0.211 e. The standard InChI is InChI=1S/C26H35N3.C8H9NO2/c1-26-20-27-17-7-8-18-29(26)24(19-28(2)3)25(26)23-15-13-22(14-16-23)12-11-21-9-5-4-6-10-21;1-11-8-4-2-7(3-5-8)9-6-10/h4-6,9-16,24-25,27H,7-8,17-20H2,1-3H3;2-6H,1H3,(H,9,10)/t24-,25?,26-;/m1./s1. The highest BCUT2D eigenvalue weighted by molar-refractivity contribution is 5.71. The molecule has 3 atom stereocenters. The van der Waals surface area contributed by atoms with Crippen LogP contribution in [-0.2, 0) is 4.79 Å². The average molecular weight is 541 g/mol. The van der Waals surface area contributed by atoms with Crippen LogP contribution in [0.15, 0.2) is 78.9 Å². The zero-order valence-corrected chi connectivity index (χ0v) is 24.3. The molecule has 6 heteroatoms. The van der Waals surface area contributed by atoms with Gasteiger partial charge in [0.1, 0.15) is 5.75 Å². The second kappa shape index (κ2) is 14.3. The summed E-state index contributed by atoms with van der Waals surface area (Å²) >= 11 is 0. The van der Waals surface area contributed by atoms with Crippen LogP contribution >= 0.6 is 0 Å². The summed E-state index contributed by atoms with van der Waals surface area (Å²) in [6.07, 6.45) is 7.62. The Labute approximate surface area is 240 Å². The fourth-order valence-electron chi connectivity index (χ4n) is 6.06. The monoisotopic (exact) mass is 540 g/mol. The lowest BCUT2D eigenvalue weighted by molar-refractivity contribution is -0.105. The SMILES string of the molecule is CN(C)C[C@@H]1C(c2ccc(C=Cc3ccccc3)cc2)[C@@]2(C)CNCCCCN12.COc1ccc(NC=O)cc1. The van der Waals surface area contributed by atoms with Crippen molar-refractivity contribution in [2.45, 2.75) is 37.3 Å². The number of hydrogen-bond acceptors (Lipinski definition) is 5. The first-order valence-electron chi connectivity index (χ1n) is 14.2. The number of amides is 1. The quantitative estimate of drug-likeness (QED) is 0.288. The number of carbonyl (C=O) groups excluding carboxylic acids is 1. The zero-order chi connectivity index (χ0) is 28.4. The maximum absolute atomic E-state index is 9.99. The van der Waals surface area contributed by atoms with E-state index in [1.54, 1.807) is 31.4 Å². The highest BCUT2D eigenvalue weighted by Gasteiger charge is 2.57.